The van der Waals surface area contributed by atoms with Gasteiger partial charge in [-0.3, -0.25) is 9.78 Å². The number of alkyl halides is 3. The second-order valence-corrected chi connectivity index (χ2v) is 9.95. The van der Waals surface area contributed by atoms with Crippen molar-refractivity contribution in [3.63, 3.8) is 0 Å². The quantitative estimate of drug-likeness (QED) is 0.394. The average molecular weight is 511 g/mol. The Bertz CT molecular complexity index is 1500. The third-order valence-corrected chi connectivity index (χ3v) is 7.07. The van der Waals surface area contributed by atoms with Gasteiger partial charge in [-0.05, 0) is 56.7 Å². The van der Waals surface area contributed by atoms with Crippen LogP contribution in [0.3, 0.4) is 0 Å². The number of aromatic nitrogens is 5. The highest BCUT2D eigenvalue weighted by atomic mass is 19.3. The lowest BCUT2D eigenvalue weighted by molar-refractivity contribution is -0.117. The first-order chi connectivity index (χ1) is 17.8. The minimum atomic E-state index is -2.82. The van der Waals surface area contributed by atoms with Crippen LogP contribution < -0.4 is 5.32 Å². The number of pyridine rings is 3. The van der Waals surface area contributed by atoms with Crippen molar-refractivity contribution in [1.29, 1.82) is 0 Å². The average Bonchev–Trinajstić information content (AvgIpc) is 3.44. The lowest BCUT2D eigenvalue weighted by atomic mass is 9.87. The fourth-order valence-corrected chi connectivity index (χ4v) is 5.16. The van der Waals surface area contributed by atoms with E-state index in [0.717, 1.165) is 18.4 Å². The topological polar surface area (TPSA) is 94.3 Å². The molecule has 0 aromatic carbocycles. The lowest BCUT2D eigenvalue weighted by Gasteiger charge is -2.32. The van der Waals surface area contributed by atoms with Crippen LogP contribution in [-0.4, -0.2) is 48.9 Å². The Morgan fingerprint density at radius 2 is 1.86 bits per heavy atom. The van der Waals surface area contributed by atoms with Gasteiger partial charge in [0.25, 0.3) is 6.43 Å². The number of nitrogens with one attached hydrogen (secondary N) is 1. The molecule has 4 aromatic rings. The van der Waals surface area contributed by atoms with Crippen molar-refractivity contribution in [2.45, 2.75) is 63.8 Å². The summed E-state index contributed by atoms with van der Waals surface area (Å²) in [5.41, 5.74) is 1.72. The molecule has 1 saturated heterocycles. The van der Waals surface area contributed by atoms with Crippen molar-refractivity contribution in [3.8, 4) is 11.4 Å². The number of carbonyl (C=O) groups is 1. The molecule has 1 amide bonds. The number of hydrogen-bond donors (Lipinski definition) is 1. The molecule has 0 bridgehead atoms. The number of rotatable bonds is 5. The number of hydrogen-bond acceptors (Lipinski definition) is 6. The molecule has 1 aliphatic carbocycles. The Balaban J connectivity index is 1.39. The van der Waals surface area contributed by atoms with E-state index in [1.54, 1.807) is 4.52 Å². The van der Waals surface area contributed by atoms with Gasteiger partial charge in [-0.15, -0.1) is 5.10 Å². The number of amides is 1. The molecule has 2 aliphatic rings. The maximum atomic E-state index is 13.7. The Hall–Kier alpha value is -3.60. The van der Waals surface area contributed by atoms with Crippen LogP contribution in [0.1, 0.15) is 56.7 Å². The molecule has 11 heteroatoms. The first-order valence-electron chi connectivity index (χ1n) is 12.3. The number of anilines is 1. The molecule has 1 N–H and O–H groups in total. The first kappa shape index (κ1) is 23.8. The summed E-state index contributed by atoms with van der Waals surface area (Å²) in [4.78, 5) is 24.9. The van der Waals surface area contributed by atoms with E-state index < -0.39 is 30.1 Å². The zero-order valence-corrected chi connectivity index (χ0v) is 20.2. The first-order valence-corrected chi connectivity index (χ1v) is 12.3. The second kappa shape index (κ2) is 9.05. The Labute approximate surface area is 210 Å². The van der Waals surface area contributed by atoms with E-state index in [-0.39, 0.29) is 29.8 Å². The summed E-state index contributed by atoms with van der Waals surface area (Å²) in [6.07, 6.45) is 2.84. The molecular weight excluding hydrogens is 485 g/mol. The summed E-state index contributed by atoms with van der Waals surface area (Å²) in [6, 6.07) is 5.40. The van der Waals surface area contributed by atoms with Crippen molar-refractivity contribution in [2.75, 3.05) is 5.32 Å². The lowest BCUT2D eigenvalue weighted by Crippen LogP contribution is -2.28. The second-order valence-electron chi connectivity index (χ2n) is 9.95. The number of carbonyl (C=O) groups excluding carboxylic acids is 1. The molecule has 192 valence electrons. The van der Waals surface area contributed by atoms with Gasteiger partial charge < -0.3 is 10.1 Å². The summed E-state index contributed by atoms with van der Waals surface area (Å²) in [5, 5.41) is 7.70. The van der Waals surface area contributed by atoms with E-state index in [4.69, 9.17) is 4.74 Å². The third-order valence-electron chi connectivity index (χ3n) is 7.07. The normalized spacial score (nSPS) is 25.6. The molecule has 37 heavy (non-hydrogen) atoms. The predicted octanol–water partition coefficient (Wildman–Crippen LogP) is 5.24. The largest absolute Gasteiger partial charge is 0.376 e. The minimum absolute atomic E-state index is 0.130. The van der Waals surface area contributed by atoms with Crippen molar-refractivity contribution in [3.05, 3.63) is 48.0 Å². The standard InChI is InChI=1S/C26H25F3N6O2/c1-12-5-15(6-13(2)37-12)14-3-4-22-33-25(34-35(22)11-14)19-10-31-23(24(28)29)18-9-30-21(8-16(18)19)32-26(36)17-7-20(17)27/h3-4,8-13,15,17,20,24H,5-7H2,1-2H3,(H,30,32,36)/t12-,13+,15?,17-,20+/m1/s1. The monoisotopic (exact) mass is 510 g/mol. The van der Waals surface area contributed by atoms with Gasteiger partial charge in [-0.2, -0.15) is 0 Å². The molecule has 6 rings (SSSR count). The minimum Gasteiger partial charge on any atom is -0.376 e. The molecule has 0 spiro atoms. The number of halogens is 3. The van der Waals surface area contributed by atoms with Crippen molar-refractivity contribution in [2.24, 2.45) is 5.92 Å². The van der Waals surface area contributed by atoms with Crippen molar-refractivity contribution >= 4 is 28.1 Å². The molecule has 5 heterocycles. The summed E-state index contributed by atoms with van der Waals surface area (Å²) < 4.78 is 48.2. The van der Waals surface area contributed by atoms with Crippen LogP contribution in [0.4, 0.5) is 19.0 Å². The van der Waals surface area contributed by atoms with Crippen LogP contribution in [0, 0.1) is 5.92 Å². The molecule has 2 fully saturated rings. The van der Waals surface area contributed by atoms with E-state index in [9.17, 15) is 18.0 Å². The van der Waals surface area contributed by atoms with Crippen LogP contribution in [0.15, 0.2) is 36.8 Å². The summed E-state index contributed by atoms with van der Waals surface area (Å²) in [6.45, 7) is 4.14. The summed E-state index contributed by atoms with van der Waals surface area (Å²) in [5.74, 6) is -0.422. The van der Waals surface area contributed by atoms with Gasteiger partial charge in [0.2, 0.25) is 5.91 Å². The van der Waals surface area contributed by atoms with Gasteiger partial charge >= 0.3 is 0 Å². The van der Waals surface area contributed by atoms with Crippen LogP contribution in [0.2, 0.25) is 0 Å². The summed E-state index contributed by atoms with van der Waals surface area (Å²) >= 11 is 0. The number of fused-ring (bicyclic) bond motifs is 2. The van der Waals surface area contributed by atoms with Gasteiger partial charge in [0.1, 0.15) is 17.7 Å². The zero-order chi connectivity index (χ0) is 25.8. The highest BCUT2D eigenvalue weighted by molar-refractivity contribution is 6.00. The van der Waals surface area contributed by atoms with E-state index in [0.29, 0.717) is 28.3 Å². The van der Waals surface area contributed by atoms with Crippen LogP contribution in [0.5, 0.6) is 0 Å². The van der Waals surface area contributed by atoms with Crippen molar-refractivity contribution in [1.82, 2.24) is 24.6 Å². The maximum absolute atomic E-state index is 13.7. The number of ether oxygens (including phenoxy) is 1. The molecule has 4 aromatic heterocycles. The Morgan fingerprint density at radius 1 is 1.11 bits per heavy atom. The van der Waals surface area contributed by atoms with E-state index in [2.05, 4.69) is 39.2 Å². The Morgan fingerprint density at radius 3 is 2.57 bits per heavy atom. The Kier molecular flexibility index (Phi) is 5.82. The highest BCUT2D eigenvalue weighted by Gasteiger charge is 2.43. The molecule has 8 nitrogen and oxygen atoms in total. The van der Waals surface area contributed by atoms with Gasteiger partial charge in [-0.1, -0.05) is 6.07 Å². The van der Waals surface area contributed by atoms with Gasteiger partial charge in [0.15, 0.2) is 11.5 Å². The van der Waals surface area contributed by atoms with Crippen LogP contribution >= 0.6 is 0 Å². The maximum Gasteiger partial charge on any atom is 0.281 e. The highest BCUT2D eigenvalue weighted by Crippen LogP contribution is 2.37. The van der Waals surface area contributed by atoms with Gasteiger partial charge in [-0.25, -0.2) is 27.7 Å². The van der Waals surface area contributed by atoms with E-state index in [1.807, 2.05) is 18.3 Å². The van der Waals surface area contributed by atoms with Crippen LogP contribution in [-0.2, 0) is 9.53 Å². The predicted molar refractivity (Wildman–Crippen MR) is 130 cm³/mol. The molecule has 0 radical (unpaired) electrons. The third kappa shape index (κ3) is 4.52. The summed E-state index contributed by atoms with van der Waals surface area (Å²) in [7, 11) is 0. The molecule has 1 aliphatic heterocycles. The molecule has 1 saturated carbocycles. The molecule has 1 unspecified atom stereocenters. The van der Waals surface area contributed by atoms with Crippen molar-refractivity contribution < 1.29 is 22.7 Å². The molecular formula is C26H25F3N6O2. The fraction of sp³-hybridized carbons (Fsp3) is 0.423. The van der Waals surface area contributed by atoms with Gasteiger partial charge in [0, 0.05) is 34.9 Å². The van der Waals surface area contributed by atoms with Gasteiger partial charge in [0.05, 0.1) is 18.1 Å². The zero-order valence-electron chi connectivity index (χ0n) is 20.2. The SMILES string of the molecule is C[C@@H]1CC(c2ccc3nc(-c4cnc(C(F)F)c5cnc(NC(=O)[C@@H]6C[C@@H]6F)cc45)nn3c2)C[C@H](C)O1. The fourth-order valence-electron chi connectivity index (χ4n) is 5.16. The smallest absolute Gasteiger partial charge is 0.281 e. The number of nitrogens with zero attached hydrogens (tertiary/aromatic N) is 5. The molecule has 5 atom stereocenters. The van der Waals surface area contributed by atoms with E-state index >= 15 is 0 Å². The van der Waals surface area contributed by atoms with E-state index in [1.165, 1.54) is 18.5 Å². The van der Waals surface area contributed by atoms with Crippen LogP contribution in [0.25, 0.3) is 27.8 Å².